The molecule has 3 aromatic carbocycles. The molecule has 0 bridgehead atoms. The number of unbranched alkanes of at least 4 members (excludes halogenated alkanes) is 9. The molecule has 0 unspecified atom stereocenters. The van der Waals surface area contributed by atoms with Gasteiger partial charge in [0.15, 0.2) is 11.6 Å². The number of benzene rings is 3. The summed E-state index contributed by atoms with van der Waals surface area (Å²) >= 11 is 0. The van der Waals surface area contributed by atoms with E-state index in [1.165, 1.54) is 62.8 Å². The van der Waals surface area contributed by atoms with E-state index in [4.69, 9.17) is 14.2 Å². The van der Waals surface area contributed by atoms with Crippen molar-refractivity contribution in [3.63, 3.8) is 0 Å². The molecule has 0 aliphatic rings. The van der Waals surface area contributed by atoms with Gasteiger partial charge >= 0.3 is 11.9 Å². The third kappa shape index (κ3) is 13.1. The summed E-state index contributed by atoms with van der Waals surface area (Å²) in [5.74, 6) is -1.61. The Morgan fingerprint density at radius 3 is 1.85 bits per heavy atom. The van der Waals surface area contributed by atoms with Crippen LogP contribution in [-0.2, 0) is 4.74 Å². The first-order valence-corrected chi connectivity index (χ1v) is 16.9. The molecule has 0 aliphatic heterocycles. The highest BCUT2D eigenvalue weighted by Gasteiger charge is 2.18. The van der Waals surface area contributed by atoms with E-state index in [0.29, 0.717) is 24.4 Å². The Labute approximate surface area is 273 Å². The molecule has 3 rings (SSSR count). The zero-order valence-electron chi connectivity index (χ0n) is 27.6. The Bertz CT molecular complexity index is 1360. The van der Waals surface area contributed by atoms with Crippen molar-refractivity contribution in [1.82, 2.24) is 0 Å². The van der Waals surface area contributed by atoms with Crippen molar-refractivity contribution >= 4 is 23.3 Å². The molecule has 0 amide bonds. The van der Waals surface area contributed by atoms with Gasteiger partial charge in [-0.05, 0) is 92.4 Å². The molecule has 3 aromatic rings. The van der Waals surface area contributed by atoms with Gasteiger partial charge in [-0.2, -0.15) is 10.2 Å². The number of halogens is 1. The number of hydrogen-bond donors (Lipinski definition) is 0. The van der Waals surface area contributed by atoms with Crippen LogP contribution in [0.15, 0.2) is 77.0 Å². The van der Waals surface area contributed by atoms with Crippen LogP contribution in [0.5, 0.6) is 11.5 Å². The topological polar surface area (TPSA) is 86.5 Å². The van der Waals surface area contributed by atoms with Crippen molar-refractivity contribution in [2.75, 3.05) is 6.61 Å². The molecular formula is C38H49FN2O5. The van der Waals surface area contributed by atoms with Crippen LogP contribution in [-0.4, -0.2) is 24.6 Å². The molecule has 7 nitrogen and oxygen atoms in total. The van der Waals surface area contributed by atoms with Crippen molar-refractivity contribution in [2.45, 2.75) is 110 Å². The SMILES string of the molecule is CCCCCCCCCOc1ccc(N=Nc2ccc(C(=O)Oc3ccc(C(=O)O[C@@H](CC)CCCCCC)cc3F)cc2)cc1. The Hall–Kier alpha value is -4.07. The molecule has 8 heteroatoms. The van der Waals surface area contributed by atoms with E-state index in [0.717, 1.165) is 50.3 Å². The summed E-state index contributed by atoms with van der Waals surface area (Å²) in [5.41, 5.74) is 1.51. The summed E-state index contributed by atoms with van der Waals surface area (Å²) in [6, 6.07) is 17.4. The Kier molecular flexibility index (Phi) is 16.5. The first kappa shape index (κ1) is 36.4. The second-order valence-corrected chi connectivity index (χ2v) is 11.5. The molecule has 0 saturated heterocycles. The van der Waals surface area contributed by atoms with Crippen molar-refractivity contribution in [3.8, 4) is 11.5 Å². The number of hydrogen-bond acceptors (Lipinski definition) is 7. The summed E-state index contributed by atoms with van der Waals surface area (Å²) in [7, 11) is 0. The Morgan fingerprint density at radius 1 is 0.674 bits per heavy atom. The third-order valence-corrected chi connectivity index (χ3v) is 7.72. The molecule has 46 heavy (non-hydrogen) atoms. The lowest BCUT2D eigenvalue weighted by Crippen LogP contribution is -2.18. The molecule has 0 spiro atoms. The van der Waals surface area contributed by atoms with Crippen molar-refractivity contribution in [2.24, 2.45) is 10.2 Å². The van der Waals surface area contributed by atoms with E-state index < -0.39 is 17.8 Å². The van der Waals surface area contributed by atoms with Gasteiger partial charge in [-0.3, -0.25) is 0 Å². The predicted octanol–water partition coefficient (Wildman–Crippen LogP) is 11.5. The minimum absolute atomic E-state index is 0.0738. The van der Waals surface area contributed by atoms with Crippen molar-refractivity contribution in [1.29, 1.82) is 0 Å². The number of azo groups is 1. The highest BCUT2D eigenvalue weighted by Crippen LogP contribution is 2.24. The average molecular weight is 633 g/mol. The number of ether oxygens (including phenoxy) is 3. The van der Waals surface area contributed by atoms with Crippen LogP contribution in [0.2, 0.25) is 0 Å². The lowest BCUT2D eigenvalue weighted by molar-refractivity contribution is 0.0266. The van der Waals surface area contributed by atoms with Gasteiger partial charge in [0, 0.05) is 0 Å². The Balaban J connectivity index is 1.45. The first-order valence-electron chi connectivity index (χ1n) is 16.9. The van der Waals surface area contributed by atoms with Crippen LogP contribution in [0, 0.1) is 5.82 Å². The molecule has 0 aromatic heterocycles. The fourth-order valence-electron chi connectivity index (χ4n) is 4.87. The van der Waals surface area contributed by atoms with E-state index in [1.54, 1.807) is 12.1 Å². The molecule has 0 heterocycles. The normalized spacial score (nSPS) is 11.8. The standard InChI is InChI=1S/C38H49FN2O5/c1-4-7-9-11-12-13-15-27-44-34-24-22-32(23-25-34)41-40-31-20-17-29(18-21-31)37(42)46-36-26-19-30(28-35(36)39)38(43)45-33(6-3)16-14-10-8-5-2/h17-26,28,33H,4-16,27H2,1-3H3/t33-/m0/s1. The zero-order chi connectivity index (χ0) is 33.0. The maximum atomic E-state index is 14.8. The fourth-order valence-corrected chi connectivity index (χ4v) is 4.87. The molecule has 248 valence electrons. The van der Waals surface area contributed by atoms with Crippen LogP contribution in [0.4, 0.5) is 15.8 Å². The van der Waals surface area contributed by atoms with E-state index in [1.807, 2.05) is 31.2 Å². The van der Waals surface area contributed by atoms with Gasteiger partial charge in [0.2, 0.25) is 0 Å². The number of rotatable bonds is 21. The fraction of sp³-hybridized carbons (Fsp3) is 0.474. The quantitative estimate of drug-likeness (QED) is 0.0505. The first-order chi connectivity index (χ1) is 22.4. The van der Waals surface area contributed by atoms with Crippen LogP contribution in [0.25, 0.3) is 0 Å². The maximum absolute atomic E-state index is 14.8. The minimum atomic E-state index is -0.821. The van der Waals surface area contributed by atoms with E-state index in [2.05, 4.69) is 24.1 Å². The summed E-state index contributed by atoms with van der Waals surface area (Å²) in [6.45, 7) is 7.04. The van der Waals surface area contributed by atoms with Gasteiger partial charge in [-0.25, -0.2) is 14.0 Å². The van der Waals surface area contributed by atoms with Gasteiger partial charge < -0.3 is 14.2 Å². The summed E-state index contributed by atoms with van der Waals surface area (Å²) in [5, 5.41) is 8.48. The maximum Gasteiger partial charge on any atom is 0.343 e. The molecule has 0 aliphatic carbocycles. The van der Waals surface area contributed by atoms with Crippen LogP contribution < -0.4 is 9.47 Å². The van der Waals surface area contributed by atoms with Gasteiger partial charge in [0.1, 0.15) is 11.9 Å². The van der Waals surface area contributed by atoms with E-state index >= 15 is 0 Å². The van der Waals surface area contributed by atoms with Crippen molar-refractivity contribution < 1.29 is 28.2 Å². The third-order valence-electron chi connectivity index (χ3n) is 7.72. The van der Waals surface area contributed by atoms with Gasteiger partial charge in [-0.1, -0.05) is 78.6 Å². The van der Waals surface area contributed by atoms with Crippen LogP contribution >= 0.6 is 0 Å². The molecule has 1 atom stereocenters. The van der Waals surface area contributed by atoms with E-state index in [9.17, 15) is 14.0 Å². The minimum Gasteiger partial charge on any atom is -0.494 e. The molecule has 0 saturated carbocycles. The highest BCUT2D eigenvalue weighted by molar-refractivity contribution is 5.92. The largest absolute Gasteiger partial charge is 0.494 e. The van der Waals surface area contributed by atoms with Crippen LogP contribution in [0.3, 0.4) is 0 Å². The molecule has 0 fully saturated rings. The molecular weight excluding hydrogens is 583 g/mol. The monoisotopic (exact) mass is 632 g/mol. The average Bonchev–Trinajstić information content (AvgIpc) is 3.07. The highest BCUT2D eigenvalue weighted by atomic mass is 19.1. The number of nitrogens with zero attached hydrogens (tertiary/aromatic N) is 2. The van der Waals surface area contributed by atoms with Crippen molar-refractivity contribution in [3.05, 3.63) is 83.7 Å². The second kappa shape index (κ2) is 20.9. The van der Waals surface area contributed by atoms with Gasteiger partial charge in [0.05, 0.1) is 29.1 Å². The number of esters is 2. The lowest BCUT2D eigenvalue weighted by Gasteiger charge is -2.16. The Morgan fingerprint density at radius 2 is 1.24 bits per heavy atom. The lowest BCUT2D eigenvalue weighted by atomic mass is 10.1. The summed E-state index contributed by atoms with van der Waals surface area (Å²) in [6.07, 6.45) is 14.3. The number of carbonyl (C=O) groups is 2. The zero-order valence-corrected chi connectivity index (χ0v) is 27.6. The smallest absolute Gasteiger partial charge is 0.343 e. The van der Waals surface area contributed by atoms with Crippen LogP contribution in [0.1, 0.15) is 125 Å². The predicted molar refractivity (Wildman–Crippen MR) is 180 cm³/mol. The molecule has 0 N–H and O–H groups in total. The summed E-state index contributed by atoms with van der Waals surface area (Å²) in [4.78, 5) is 25.2. The number of carbonyl (C=O) groups excluding carboxylic acids is 2. The van der Waals surface area contributed by atoms with Gasteiger partial charge in [0.25, 0.3) is 0 Å². The van der Waals surface area contributed by atoms with E-state index in [-0.39, 0.29) is 23.0 Å². The second-order valence-electron chi connectivity index (χ2n) is 11.5. The summed E-state index contributed by atoms with van der Waals surface area (Å²) < 4.78 is 31.4. The van der Waals surface area contributed by atoms with Gasteiger partial charge in [-0.15, -0.1) is 0 Å². The molecule has 0 radical (unpaired) electrons.